The molecule has 2 aliphatic heterocycles. The molecule has 0 saturated carbocycles. The lowest BCUT2D eigenvalue weighted by atomic mass is 10.0. The third kappa shape index (κ3) is 7.72. The number of likely N-dealkylation sites (tertiary alicyclic amines) is 2. The Morgan fingerprint density at radius 2 is 1.08 bits per heavy atom. The van der Waals surface area contributed by atoms with E-state index >= 15 is 0 Å². The first-order chi connectivity index (χ1) is 25.0. The Morgan fingerprint density at radius 1 is 0.692 bits per heavy atom. The van der Waals surface area contributed by atoms with Crippen molar-refractivity contribution in [2.24, 2.45) is 11.8 Å². The van der Waals surface area contributed by atoms with Gasteiger partial charge in [-0.2, -0.15) is 0 Å². The predicted octanol–water partition coefficient (Wildman–Crippen LogP) is 6.35. The van der Waals surface area contributed by atoms with Crippen LogP contribution in [0.3, 0.4) is 0 Å². The summed E-state index contributed by atoms with van der Waals surface area (Å²) in [5.41, 5.74) is 1.76. The fourth-order valence-electron chi connectivity index (χ4n) is 6.88. The number of nitrogens with one attached hydrogen (secondary N) is 4. The second-order valence-electron chi connectivity index (χ2n) is 13.8. The molecule has 4 aromatic rings. The van der Waals surface area contributed by atoms with Crippen LogP contribution in [-0.2, 0) is 19.1 Å². The summed E-state index contributed by atoms with van der Waals surface area (Å²) in [6, 6.07) is 6.55. The molecule has 6 heterocycles. The first kappa shape index (κ1) is 37.1. The van der Waals surface area contributed by atoms with Gasteiger partial charge in [0.05, 0.1) is 59.8 Å². The zero-order valence-corrected chi connectivity index (χ0v) is 31.9. The zero-order chi connectivity index (χ0) is 37.1. The number of amides is 4. The van der Waals surface area contributed by atoms with Crippen molar-refractivity contribution >= 4 is 46.7 Å². The highest BCUT2D eigenvalue weighted by molar-refractivity contribution is 7.25. The number of carbonyl (C=O) groups is 4. The Hall–Kier alpha value is -4.70. The minimum atomic E-state index is -0.688. The van der Waals surface area contributed by atoms with E-state index in [-0.39, 0.29) is 35.7 Å². The number of thiophene rings is 2. The highest BCUT2D eigenvalue weighted by atomic mass is 32.1. The topological polar surface area (TPSA) is 175 Å². The molecule has 52 heavy (non-hydrogen) atoms. The molecule has 4 atom stereocenters. The standard InChI is InChI=1S/C36H46N8O6S2/c1-19(2)29(41-35(47)49-5)33(45)43-15-7-9-23(43)31-37-17-21(39-31)25-11-13-27(51-25)28-14-12-26(52-28)22-18-38-32(40-22)24-10-8-16-44(24)34(46)30(20(3)4)42-36(48)50-6/h11-14,17-20,23-24,29-30H,7-10,15-16H2,1-6H3,(H,37,39)(H,38,40)(H,41,47)(H,42,48)/t23-,24-,29+,30?/m0/s1. The maximum absolute atomic E-state index is 13.5. The lowest BCUT2D eigenvalue weighted by molar-refractivity contribution is -0.136. The van der Waals surface area contributed by atoms with Crippen LogP contribution >= 0.6 is 22.7 Å². The van der Waals surface area contributed by atoms with Gasteiger partial charge in [-0.15, -0.1) is 22.7 Å². The number of nitrogens with zero attached hydrogens (tertiary/aromatic N) is 4. The smallest absolute Gasteiger partial charge is 0.407 e. The monoisotopic (exact) mass is 750 g/mol. The van der Waals surface area contributed by atoms with Crippen LogP contribution in [0.2, 0.25) is 0 Å². The van der Waals surface area contributed by atoms with E-state index in [4.69, 9.17) is 9.47 Å². The van der Waals surface area contributed by atoms with Gasteiger partial charge in [0.1, 0.15) is 23.7 Å². The van der Waals surface area contributed by atoms with Crippen molar-refractivity contribution in [2.75, 3.05) is 27.3 Å². The number of H-pyrrole nitrogens is 2. The van der Waals surface area contributed by atoms with Crippen LogP contribution in [0, 0.1) is 11.8 Å². The molecule has 2 saturated heterocycles. The van der Waals surface area contributed by atoms with Gasteiger partial charge in [-0.05, 0) is 61.8 Å². The second kappa shape index (κ2) is 15.9. The summed E-state index contributed by atoms with van der Waals surface area (Å²) in [5, 5.41) is 5.39. The first-order valence-electron chi connectivity index (χ1n) is 17.6. The van der Waals surface area contributed by atoms with Gasteiger partial charge in [0.25, 0.3) is 0 Å². The molecule has 0 radical (unpaired) electrons. The molecule has 16 heteroatoms. The SMILES string of the molecule is COC(=O)NC(C(=O)N1CCC[C@H]1c1ncc(-c2ccc(-c3ccc(-c4cnc([C@@H]5CCCN5C(=O)[C@H](NC(=O)OC)C(C)C)[nH]4)s3)s2)[nH]1)C(C)C. The minimum absolute atomic E-state index is 0.105. The van der Waals surface area contributed by atoms with Gasteiger partial charge in [0.2, 0.25) is 11.8 Å². The van der Waals surface area contributed by atoms with Gasteiger partial charge in [-0.25, -0.2) is 19.6 Å². The molecule has 2 aliphatic rings. The molecule has 4 amide bonds. The van der Waals surface area contributed by atoms with E-state index in [1.165, 1.54) is 14.2 Å². The van der Waals surface area contributed by atoms with E-state index in [2.05, 4.69) is 54.8 Å². The summed E-state index contributed by atoms with van der Waals surface area (Å²) in [4.78, 5) is 75.2. The van der Waals surface area contributed by atoms with Crippen LogP contribution in [0.4, 0.5) is 9.59 Å². The summed E-state index contributed by atoms with van der Waals surface area (Å²) in [6.45, 7) is 8.79. The van der Waals surface area contributed by atoms with Gasteiger partial charge < -0.3 is 39.9 Å². The van der Waals surface area contributed by atoms with Crippen molar-refractivity contribution < 1.29 is 28.7 Å². The van der Waals surface area contributed by atoms with Crippen molar-refractivity contribution in [3.63, 3.8) is 0 Å². The van der Waals surface area contributed by atoms with Crippen LogP contribution in [0.25, 0.3) is 30.9 Å². The van der Waals surface area contributed by atoms with Gasteiger partial charge >= 0.3 is 12.2 Å². The average Bonchev–Trinajstić information content (AvgIpc) is 3.98. The number of carbonyl (C=O) groups excluding carboxylic acids is 4. The summed E-state index contributed by atoms with van der Waals surface area (Å²) >= 11 is 3.31. The van der Waals surface area contributed by atoms with E-state index in [9.17, 15) is 19.2 Å². The lowest BCUT2D eigenvalue weighted by Gasteiger charge is -2.30. The number of hydrogen-bond donors (Lipinski definition) is 4. The molecule has 4 N–H and O–H groups in total. The van der Waals surface area contributed by atoms with Crippen molar-refractivity contribution in [3.8, 4) is 30.9 Å². The van der Waals surface area contributed by atoms with Crippen LogP contribution in [0.5, 0.6) is 0 Å². The number of alkyl carbamates (subject to hydrolysis) is 2. The summed E-state index contributed by atoms with van der Waals surface area (Å²) < 4.78 is 9.51. The molecule has 278 valence electrons. The summed E-state index contributed by atoms with van der Waals surface area (Å²) in [5.74, 6) is 0.968. The molecule has 0 spiro atoms. The van der Waals surface area contributed by atoms with Gasteiger partial charge in [0, 0.05) is 22.8 Å². The Balaban J connectivity index is 1.13. The van der Waals surface area contributed by atoms with Gasteiger partial charge in [-0.1, -0.05) is 27.7 Å². The number of imidazole rings is 2. The maximum Gasteiger partial charge on any atom is 0.407 e. The van der Waals surface area contributed by atoms with Crippen molar-refractivity contribution in [1.29, 1.82) is 0 Å². The van der Waals surface area contributed by atoms with Crippen molar-refractivity contribution in [1.82, 2.24) is 40.4 Å². The number of aromatic amines is 2. The van der Waals surface area contributed by atoms with Crippen LogP contribution in [-0.4, -0.2) is 93.1 Å². The third-order valence-electron chi connectivity index (χ3n) is 9.66. The molecule has 2 fully saturated rings. The average molecular weight is 751 g/mol. The van der Waals surface area contributed by atoms with E-state index in [1.807, 2.05) is 49.9 Å². The minimum Gasteiger partial charge on any atom is -0.453 e. The number of ether oxygens (including phenoxy) is 2. The number of aromatic nitrogens is 4. The second-order valence-corrected chi connectivity index (χ2v) is 16.0. The van der Waals surface area contributed by atoms with Crippen molar-refractivity contribution in [2.45, 2.75) is 77.5 Å². The van der Waals surface area contributed by atoms with Crippen LogP contribution < -0.4 is 10.6 Å². The van der Waals surface area contributed by atoms with Crippen molar-refractivity contribution in [3.05, 3.63) is 48.3 Å². The lowest BCUT2D eigenvalue weighted by Crippen LogP contribution is -2.51. The Labute approximate surface area is 310 Å². The highest BCUT2D eigenvalue weighted by Gasteiger charge is 2.39. The Bertz CT molecular complexity index is 1760. The van der Waals surface area contributed by atoms with Gasteiger partial charge in [-0.3, -0.25) is 9.59 Å². The van der Waals surface area contributed by atoms with Crippen LogP contribution in [0.1, 0.15) is 77.1 Å². The molecule has 6 rings (SSSR count). The predicted molar refractivity (Wildman–Crippen MR) is 199 cm³/mol. The van der Waals surface area contributed by atoms with E-state index in [1.54, 1.807) is 22.7 Å². The van der Waals surface area contributed by atoms with E-state index in [0.29, 0.717) is 13.1 Å². The molecular formula is C36H46N8O6S2. The summed E-state index contributed by atoms with van der Waals surface area (Å²) in [6.07, 6.45) is 5.64. The fourth-order valence-corrected chi connectivity index (χ4v) is 8.91. The number of rotatable bonds is 11. The molecule has 14 nitrogen and oxygen atoms in total. The molecule has 0 aliphatic carbocycles. The van der Waals surface area contributed by atoms with E-state index < -0.39 is 24.3 Å². The molecule has 0 bridgehead atoms. The quantitative estimate of drug-likeness (QED) is 0.137. The van der Waals surface area contributed by atoms with E-state index in [0.717, 1.165) is 68.2 Å². The normalized spacial score (nSPS) is 18.5. The number of hydrogen-bond acceptors (Lipinski definition) is 10. The molecule has 4 aromatic heterocycles. The zero-order valence-electron chi connectivity index (χ0n) is 30.2. The van der Waals surface area contributed by atoms with Crippen LogP contribution in [0.15, 0.2) is 36.7 Å². The molecule has 1 unspecified atom stereocenters. The first-order valence-corrected chi connectivity index (χ1v) is 19.2. The molecule has 0 aromatic carbocycles. The van der Waals surface area contributed by atoms with Gasteiger partial charge in [0.15, 0.2) is 0 Å². The fraction of sp³-hybridized carbons (Fsp3) is 0.500. The Morgan fingerprint density at radius 3 is 1.44 bits per heavy atom. The highest BCUT2D eigenvalue weighted by Crippen LogP contribution is 2.41. The molecular weight excluding hydrogens is 705 g/mol. The third-order valence-corrected chi connectivity index (χ3v) is 12.1. The maximum atomic E-state index is 13.5. The Kier molecular flexibility index (Phi) is 11.3. The number of methoxy groups -OCH3 is 2. The summed E-state index contributed by atoms with van der Waals surface area (Å²) in [7, 11) is 2.58. The largest absolute Gasteiger partial charge is 0.453 e.